The van der Waals surface area contributed by atoms with Crippen LogP contribution in [0.2, 0.25) is 0 Å². The predicted octanol–water partition coefficient (Wildman–Crippen LogP) is 4.15. The van der Waals surface area contributed by atoms with Gasteiger partial charge in [0, 0.05) is 11.5 Å². The van der Waals surface area contributed by atoms with E-state index in [1.54, 1.807) is 12.1 Å². The van der Waals surface area contributed by atoms with Crippen LogP contribution in [0, 0.1) is 5.92 Å². The first-order chi connectivity index (χ1) is 9.86. The first-order valence-corrected chi connectivity index (χ1v) is 6.36. The Morgan fingerprint density at radius 3 is 2.62 bits per heavy atom. The second-order valence-electron chi connectivity index (χ2n) is 5.07. The second-order valence-corrected chi connectivity index (χ2v) is 5.07. The molecule has 0 spiro atoms. The lowest BCUT2D eigenvalue weighted by atomic mass is 10.1. The number of hydrogen-bond donors (Lipinski definition) is 1. The molecule has 1 fully saturated rings. The largest absolute Gasteiger partial charge is 0.481 e. The topological polar surface area (TPSA) is 50.4 Å². The SMILES string of the molecule is O=C(O)C1CC1c1ccc(-c2cccc(C(F)(F)F)c2)o1. The van der Waals surface area contributed by atoms with Gasteiger partial charge < -0.3 is 9.52 Å². The van der Waals surface area contributed by atoms with E-state index in [1.807, 2.05) is 0 Å². The molecule has 3 nitrogen and oxygen atoms in total. The van der Waals surface area contributed by atoms with E-state index in [4.69, 9.17) is 9.52 Å². The monoisotopic (exact) mass is 296 g/mol. The molecule has 0 saturated heterocycles. The van der Waals surface area contributed by atoms with Crippen LogP contribution in [0.5, 0.6) is 0 Å². The Morgan fingerprint density at radius 1 is 1.24 bits per heavy atom. The molecule has 110 valence electrons. The molecule has 1 aromatic heterocycles. The molecule has 2 aromatic rings. The highest BCUT2D eigenvalue weighted by atomic mass is 19.4. The highest BCUT2D eigenvalue weighted by Gasteiger charge is 2.46. The Morgan fingerprint density at radius 2 is 2.00 bits per heavy atom. The van der Waals surface area contributed by atoms with Crippen molar-refractivity contribution < 1.29 is 27.5 Å². The highest BCUT2D eigenvalue weighted by molar-refractivity contribution is 5.75. The zero-order chi connectivity index (χ0) is 15.2. The molecule has 1 aromatic carbocycles. The van der Waals surface area contributed by atoms with Crippen LogP contribution in [0.3, 0.4) is 0 Å². The Bertz CT molecular complexity index is 687. The molecule has 1 aliphatic rings. The summed E-state index contributed by atoms with van der Waals surface area (Å²) in [6.45, 7) is 0. The number of aliphatic carboxylic acids is 1. The van der Waals surface area contributed by atoms with E-state index in [1.165, 1.54) is 12.1 Å². The van der Waals surface area contributed by atoms with Gasteiger partial charge in [-0.1, -0.05) is 12.1 Å². The van der Waals surface area contributed by atoms with Gasteiger partial charge in [-0.25, -0.2) is 0 Å². The van der Waals surface area contributed by atoms with Gasteiger partial charge in [0.25, 0.3) is 0 Å². The Balaban J connectivity index is 1.86. The molecule has 21 heavy (non-hydrogen) atoms. The van der Waals surface area contributed by atoms with E-state index >= 15 is 0 Å². The van der Waals surface area contributed by atoms with Gasteiger partial charge in [-0.05, 0) is 30.7 Å². The summed E-state index contributed by atoms with van der Waals surface area (Å²) < 4.78 is 43.5. The maximum absolute atomic E-state index is 12.7. The number of rotatable bonds is 3. The molecule has 0 bridgehead atoms. The third-order valence-electron chi connectivity index (χ3n) is 3.57. The minimum atomic E-state index is -4.41. The van der Waals surface area contributed by atoms with Crippen LogP contribution in [0.1, 0.15) is 23.7 Å². The maximum Gasteiger partial charge on any atom is 0.416 e. The quantitative estimate of drug-likeness (QED) is 0.925. The smallest absolute Gasteiger partial charge is 0.416 e. The minimum absolute atomic E-state index is 0.179. The van der Waals surface area contributed by atoms with Crippen LogP contribution < -0.4 is 0 Å². The van der Waals surface area contributed by atoms with Crippen LogP contribution in [-0.2, 0) is 11.0 Å². The molecular weight excluding hydrogens is 285 g/mol. The van der Waals surface area contributed by atoms with Crippen molar-refractivity contribution in [3.05, 3.63) is 47.7 Å². The average molecular weight is 296 g/mol. The third-order valence-corrected chi connectivity index (χ3v) is 3.57. The fourth-order valence-corrected chi connectivity index (χ4v) is 2.34. The minimum Gasteiger partial charge on any atom is -0.481 e. The summed E-state index contributed by atoms with van der Waals surface area (Å²) in [5.41, 5.74) is -0.420. The lowest BCUT2D eigenvalue weighted by Gasteiger charge is -2.07. The zero-order valence-corrected chi connectivity index (χ0v) is 10.7. The fourth-order valence-electron chi connectivity index (χ4n) is 2.34. The summed E-state index contributed by atoms with van der Waals surface area (Å²) in [6, 6.07) is 8.06. The molecule has 1 heterocycles. The van der Waals surface area contributed by atoms with Crippen LogP contribution >= 0.6 is 0 Å². The van der Waals surface area contributed by atoms with Crippen molar-refractivity contribution >= 4 is 5.97 Å². The molecule has 3 rings (SSSR count). The molecule has 1 saturated carbocycles. The average Bonchev–Trinajstić information content (AvgIpc) is 3.08. The lowest BCUT2D eigenvalue weighted by Crippen LogP contribution is -2.04. The van der Waals surface area contributed by atoms with Gasteiger partial charge in [-0.3, -0.25) is 4.79 Å². The van der Waals surface area contributed by atoms with E-state index in [2.05, 4.69) is 0 Å². The van der Waals surface area contributed by atoms with Gasteiger partial charge in [0.05, 0.1) is 11.5 Å². The molecule has 1 aliphatic carbocycles. The van der Waals surface area contributed by atoms with Gasteiger partial charge in [0.1, 0.15) is 11.5 Å². The van der Waals surface area contributed by atoms with Crippen molar-refractivity contribution in [1.29, 1.82) is 0 Å². The fraction of sp³-hybridized carbons (Fsp3) is 0.267. The van der Waals surface area contributed by atoms with Crippen molar-refractivity contribution in [2.24, 2.45) is 5.92 Å². The van der Waals surface area contributed by atoms with Crippen LogP contribution in [0.15, 0.2) is 40.8 Å². The number of carboxylic acids is 1. The summed E-state index contributed by atoms with van der Waals surface area (Å²) in [7, 11) is 0. The Hall–Kier alpha value is -2.24. The summed E-state index contributed by atoms with van der Waals surface area (Å²) in [6.07, 6.45) is -3.90. The molecule has 6 heteroatoms. The number of furan rings is 1. The Labute approximate surface area is 118 Å². The van der Waals surface area contributed by atoms with E-state index < -0.39 is 23.6 Å². The molecule has 0 aliphatic heterocycles. The molecular formula is C15H11F3O3. The first-order valence-electron chi connectivity index (χ1n) is 6.36. The summed E-state index contributed by atoms with van der Waals surface area (Å²) in [5, 5.41) is 8.87. The number of halogens is 3. The standard InChI is InChI=1S/C15H11F3O3/c16-15(17,18)9-3-1-2-8(6-9)12-4-5-13(21-12)10-7-11(10)14(19)20/h1-6,10-11H,7H2,(H,19,20). The van der Waals surface area contributed by atoms with Crippen molar-refractivity contribution in [2.45, 2.75) is 18.5 Å². The molecule has 0 amide bonds. The number of hydrogen-bond acceptors (Lipinski definition) is 2. The summed E-state index contributed by atoms with van der Waals surface area (Å²) >= 11 is 0. The van der Waals surface area contributed by atoms with Gasteiger partial charge in [-0.2, -0.15) is 13.2 Å². The van der Waals surface area contributed by atoms with Crippen LogP contribution in [0.4, 0.5) is 13.2 Å². The van der Waals surface area contributed by atoms with Crippen molar-refractivity contribution in [2.75, 3.05) is 0 Å². The van der Waals surface area contributed by atoms with Gasteiger partial charge in [-0.15, -0.1) is 0 Å². The third kappa shape index (κ3) is 2.66. The lowest BCUT2D eigenvalue weighted by molar-refractivity contribution is -0.139. The van der Waals surface area contributed by atoms with Gasteiger partial charge in [0.15, 0.2) is 0 Å². The molecule has 1 N–H and O–H groups in total. The zero-order valence-electron chi connectivity index (χ0n) is 10.7. The molecule has 2 unspecified atom stereocenters. The van der Waals surface area contributed by atoms with E-state index in [9.17, 15) is 18.0 Å². The number of carbonyl (C=O) groups is 1. The van der Waals surface area contributed by atoms with Crippen molar-refractivity contribution in [1.82, 2.24) is 0 Å². The van der Waals surface area contributed by atoms with Crippen LogP contribution in [0.25, 0.3) is 11.3 Å². The normalized spacial score (nSPS) is 21.3. The van der Waals surface area contributed by atoms with E-state index in [0.29, 0.717) is 23.5 Å². The number of benzene rings is 1. The summed E-state index contributed by atoms with van der Waals surface area (Å²) in [4.78, 5) is 10.8. The maximum atomic E-state index is 12.7. The number of carboxylic acid groups (broad SMARTS) is 1. The predicted molar refractivity (Wildman–Crippen MR) is 67.6 cm³/mol. The van der Waals surface area contributed by atoms with E-state index in [0.717, 1.165) is 12.1 Å². The Kier molecular flexibility index (Phi) is 3.04. The van der Waals surface area contributed by atoms with Gasteiger partial charge in [0.2, 0.25) is 0 Å². The second kappa shape index (κ2) is 4.65. The molecule has 0 radical (unpaired) electrons. The first kappa shape index (κ1) is 13.7. The van der Waals surface area contributed by atoms with Crippen molar-refractivity contribution in [3.8, 4) is 11.3 Å². The van der Waals surface area contributed by atoms with E-state index in [-0.39, 0.29) is 5.92 Å². The van der Waals surface area contributed by atoms with Crippen LogP contribution in [-0.4, -0.2) is 11.1 Å². The number of alkyl halides is 3. The van der Waals surface area contributed by atoms with Gasteiger partial charge >= 0.3 is 12.1 Å². The van der Waals surface area contributed by atoms with Crippen molar-refractivity contribution in [3.63, 3.8) is 0 Å². The highest BCUT2D eigenvalue weighted by Crippen LogP contribution is 2.48. The summed E-state index contributed by atoms with van der Waals surface area (Å²) in [5.74, 6) is -0.688. The molecule has 2 atom stereocenters.